The maximum absolute atomic E-state index is 11.8. The molecule has 0 aromatic heterocycles. The maximum atomic E-state index is 11.8. The number of hydrogen-bond acceptors (Lipinski definition) is 1. The first-order valence-corrected chi connectivity index (χ1v) is 5.76. The Hall–Kier alpha value is -0.630. The van der Waals surface area contributed by atoms with Gasteiger partial charge in [0.05, 0.1) is 4.83 Å². The molecular weight excluding hydrogens is 240 g/mol. The second-order valence-corrected chi connectivity index (χ2v) is 4.93. The molecule has 76 valence electrons. The van der Waals surface area contributed by atoms with E-state index in [0.717, 1.165) is 12.0 Å². The van der Waals surface area contributed by atoms with Gasteiger partial charge in [-0.25, -0.2) is 0 Å². The van der Waals surface area contributed by atoms with Crippen LogP contribution in [0.5, 0.6) is 0 Å². The van der Waals surface area contributed by atoms with E-state index in [1.165, 1.54) is 0 Å². The zero-order valence-electron chi connectivity index (χ0n) is 8.53. The number of rotatable bonds is 4. The summed E-state index contributed by atoms with van der Waals surface area (Å²) in [4.78, 5) is 11.8. The predicted octanol–water partition coefficient (Wildman–Crippen LogP) is 3.68. The molecule has 0 saturated heterocycles. The quantitative estimate of drug-likeness (QED) is 0.592. The summed E-state index contributed by atoms with van der Waals surface area (Å²) in [7, 11) is 0. The fourth-order valence-corrected chi connectivity index (χ4v) is 2.32. The summed E-state index contributed by atoms with van der Waals surface area (Å²) in [5.41, 5.74) is 0.787. The van der Waals surface area contributed by atoms with Crippen molar-refractivity contribution in [2.75, 3.05) is 0 Å². The highest BCUT2D eigenvalue weighted by molar-refractivity contribution is 9.10. The number of carbonyl (C=O) groups excluding carboxylic acids is 1. The number of hydrogen-bond donors (Lipinski definition) is 0. The van der Waals surface area contributed by atoms with Gasteiger partial charge in [-0.3, -0.25) is 4.79 Å². The van der Waals surface area contributed by atoms with Gasteiger partial charge >= 0.3 is 0 Å². The highest BCUT2D eigenvalue weighted by Gasteiger charge is 2.17. The van der Waals surface area contributed by atoms with Crippen molar-refractivity contribution in [1.82, 2.24) is 0 Å². The Balaban J connectivity index is 2.66. The third-order valence-corrected chi connectivity index (χ3v) is 2.81. The molecule has 1 aromatic rings. The van der Waals surface area contributed by atoms with Crippen molar-refractivity contribution in [2.45, 2.75) is 25.1 Å². The number of ketones is 1. The molecule has 0 aliphatic rings. The third kappa shape index (κ3) is 3.26. The molecule has 0 unspecified atom stereocenters. The summed E-state index contributed by atoms with van der Waals surface area (Å²) in [6.45, 7) is 4.24. The van der Waals surface area contributed by atoms with Gasteiger partial charge in [-0.05, 0) is 12.3 Å². The fourth-order valence-electron chi connectivity index (χ4n) is 1.30. The third-order valence-electron chi connectivity index (χ3n) is 2.02. The molecule has 0 bridgehead atoms. The standard InChI is InChI=1S/C12H15BrO/c1-9(2)8-11(13)12(14)10-6-4-3-5-7-10/h3-7,9,11H,8H2,1-2H3/t11-/m1/s1. The number of benzene rings is 1. The van der Waals surface area contributed by atoms with E-state index < -0.39 is 0 Å². The normalized spacial score (nSPS) is 12.9. The zero-order chi connectivity index (χ0) is 10.6. The van der Waals surface area contributed by atoms with Crippen LogP contribution in [0.4, 0.5) is 0 Å². The van der Waals surface area contributed by atoms with E-state index in [2.05, 4.69) is 29.8 Å². The Morgan fingerprint density at radius 2 is 1.86 bits per heavy atom. The highest BCUT2D eigenvalue weighted by Crippen LogP contribution is 2.17. The molecule has 0 N–H and O–H groups in total. The summed E-state index contributed by atoms with van der Waals surface area (Å²) in [5, 5.41) is 0. The van der Waals surface area contributed by atoms with Crippen LogP contribution in [0.3, 0.4) is 0 Å². The molecule has 2 heteroatoms. The summed E-state index contributed by atoms with van der Waals surface area (Å²) < 4.78 is 0. The molecule has 0 aliphatic carbocycles. The smallest absolute Gasteiger partial charge is 0.176 e. The lowest BCUT2D eigenvalue weighted by molar-refractivity contribution is 0.0984. The largest absolute Gasteiger partial charge is 0.293 e. The minimum absolute atomic E-state index is 0.0510. The van der Waals surface area contributed by atoms with Gasteiger partial charge in [0.2, 0.25) is 0 Å². The van der Waals surface area contributed by atoms with Crippen molar-refractivity contribution < 1.29 is 4.79 Å². The summed E-state index contributed by atoms with van der Waals surface area (Å²) in [5.74, 6) is 0.714. The molecule has 1 rings (SSSR count). The van der Waals surface area contributed by atoms with Crippen LogP contribution in [0.15, 0.2) is 30.3 Å². The van der Waals surface area contributed by atoms with Crippen molar-refractivity contribution in [3.8, 4) is 0 Å². The van der Waals surface area contributed by atoms with E-state index >= 15 is 0 Å². The van der Waals surface area contributed by atoms with Crippen LogP contribution >= 0.6 is 15.9 Å². The van der Waals surface area contributed by atoms with Gasteiger partial charge in [-0.15, -0.1) is 0 Å². The summed E-state index contributed by atoms with van der Waals surface area (Å²) >= 11 is 3.43. The highest BCUT2D eigenvalue weighted by atomic mass is 79.9. The van der Waals surface area contributed by atoms with Crippen molar-refractivity contribution in [3.63, 3.8) is 0 Å². The van der Waals surface area contributed by atoms with Gasteiger partial charge in [-0.2, -0.15) is 0 Å². The minimum Gasteiger partial charge on any atom is -0.293 e. The van der Waals surface area contributed by atoms with E-state index in [1.54, 1.807) is 0 Å². The predicted molar refractivity (Wildman–Crippen MR) is 62.9 cm³/mol. The molecule has 14 heavy (non-hydrogen) atoms. The van der Waals surface area contributed by atoms with Gasteiger partial charge in [0, 0.05) is 5.56 Å². The van der Waals surface area contributed by atoms with Gasteiger partial charge in [0.1, 0.15) is 0 Å². The Labute approximate surface area is 93.7 Å². The van der Waals surface area contributed by atoms with Crippen LogP contribution in [-0.2, 0) is 0 Å². The van der Waals surface area contributed by atoms with Crippen LogP contribution in [0.2, 0.25) is 0 Å². The van der Waals surface area contributed by atoms with Gasteiger partial charge in [0.25, 0.3) is 0 Å². The van der Waals surface area contributed by atoms with Crippen molar-refractivity contribution in [2.24, 2.45) is 5.92 Å². The Kier molecular flexibility index (Phi) is 4.33. The molecule has 0 radical (unpaired) electrons. The lowest BCUT2D eigenvalue weighted by Crippen LogP contribution is -2.16. The lowest BCUT2D eigenvalue weighted by Gasteiger charge is -2.10. The molecule has 0 fully saturated rings. The zero-order valence-corrected chi connectivity index (χ0v) is 10.1. The second-order valence-electron chi connectivity index (χ2n) is 3.83. The fraction of sp³-hybridized carbons (Fsp3) is 0.417. The lowest BCUT2D eigenvalue weighted by atomic mass is 10.0. The van der Waals surface area contributed by atoms with Gasteiger partial charge in [-0.1, -0.05) is 60.1 Å². The second kappa shape index (κ2) is 5.30. The van der Waals surface area contributed by atoms with Crippen LogP contribution in [-0.4, -0.2) is 10.6 Å². The van der Waals surface area contributed by atoms with E-state index in [4.69, 9.17) is 0 Å². The minimum atomic E-state index is -0.0510. The average Bonchev–Trinajstić information content (AvgIpc) is 2.17. The molecule has 0 amide bonds. The van der Waals surface area contributed by atoms with E-state index in [0.29, 0.717) is 5.92 Å². The number of halogens is 1. The summed E-state index contributed by atoms with van der Waals surface area (Å²) in [6.07, 6.45) is 0.883. The maximum Gasteiger partial charge on any atom is 0.176 e. The van der Waals surface area contributed by atoms with Gasteiger partial charge < -0.3 is 0 Å². The first kappa shape index (κ1) is 11.4. The van der Waals surface area contributed by atoms with Crippen molar-refractivity contribution >= 4 is 21.7 Å². The van der Waals surface area contributed by atoms with Crippen LogP contribution in [0.25, 0.3) is 0 Å². The SMILES string of the molecule is CC(C)C[C@@H](Br)C(=O)c1ccccc1. The van der Waals surface area contributed by atoms with E-state index in [1.807, 2.05) is 30.3 Å². The molecule has 0 heterocycles. The molecular formula is C12H15BrO. The average molecular weight is 255 g/mol. The molecule has 1 aromatic carbocycles. The number of Topliss-reactive ketones (excluding diaryl/α,β-unsaturated/α-hetero) is 1. The van der Waals surface area contributed by atoms with Crippen LogP contribution in [0.1, 0.15) is 30.6 Å². The molecule has 0 aliphatic heterocycles. The topological polar surface area (TPSA) is 17.1 Å². The van der Waals surface area contributed by atoms with Crippen molar-refractivity contribution in [1.29, 1.82) is 0 Å². The summed E-state index contributed by atoms with van der Waals surface area (Å²) in [6, 6.07) is 9.42. The molecule has 0 saturated carbocycles. The van der Waals surface area contributed by atoms with E-state index in [-0.39, 0.29) is 10.6 Å². The van der Waals surface area contributed by atoms with Gasteiger partial charge in [0.15, 0.2) is 5.78 Å². The van der Waals surface area contributed by atoms with Crippen molar-refractivity contribution in [3.05, 3.63) is 35.9 Å². The molecule has 0 spiro atoms. The number of alkyl halides is 1. The number of carbonyl (C=O) groups is 1. The van der Waals surface area contributed by atoms with Crippen LogP contribution < -0.4 is 0 Å². The molecule has 1 atom stereocenters. The molecule has 1 nitrogen and oxygen atoms in total. The first-order valence-electron chi connectivity index (χ1n) is 4.84. The Morgan fingerprint density at radius 1 is 1.29 bits per heavy atom. The first-order chi connectivity index (χ1) is 6.61. The monoisotopic (exact) mass is 254 g/mol. The van der Waals surface area contributed by atoms with E-state index in [9.17, 15) is 4.79 Å². The van der Waals surface area contributed by atoms with Crippen LogP contribution in [0, 0.1) is 5.92 Å². The Bertz CT molecular complexity index is 292. The Morgan fingerprint density at radius 3 is 2.36 bits per heavy atom.